The van der Waals surface area contributed by atoms with E-state index in [0.717, 1.165) is 29.5 Å². The van der Waals surface area contributed by atoms with Gasteiger partial charge in [-0.05, 0) is 60.2 Å². The molecule has 0 radical (unpaired) electrons. The summed E-state index contributed by atoms with van der Waals surface area (Å²) in [5, 5.41) is 9.28. The molecule has 1 heterocycles. The third-order valence-electron chi connectivity index (χ3n) is 4.82. The summed E-state index contributed by atoms with van der Waals surface area (Å²) >= 11 is 0. The molecular formula is C20H24N2O4S. The average Bonchev–Trinajstić information content (AvgIpc) is 2.65. The van der Waals surface area contributed by atoms with Crippen LogP contribution in [-0.2, 0) is 34.2 Å². The maximum atomic E-state index is 12.6. The highest BCUT2D eigenvalue weighted by atomic mass is 32.2. The minimum Gasteiger partial charge on any atom is -0.508 e. The summed E-state index contributed by atoms with van der Waals surface area (Å²) < 4.78 is 27.8. The van der Waals surface area contributed by atoms with Gasteiger partial charge in [0.1, 0.15) is 5.75 Å². The minimum atomic E-state index is -3.59. The van der Waals surface area contributed by atoms with Gasteiger partial charge >= 0.3 is 0 Å². The van der Waals surface area contributed by atoms with Crippen molar-refractivity contribution >= 4 is 15.9 Å². The number of phenols is 1. The predicted molar refractivity (Wildman–Crippen MR) is 103 cm³/mol. The van der Waals surface area contributed by atoms with E-state index in [-0.39, 0.29) is 16.6 Å². The Labute approximate surface area is 159 Å². The highest BCUT2D eigenvalue weighted by Gasteiger charge is 2.21. The lowest BCUT2D eigenvalue weighted by Gasteiger charge is -2.28. The summed E-state index contributed by atoms with van der Waals surface area (Å²) in [5.74, 6) is 0.219. The molecule has 2 aromatic carbocycles. The topological polar surface area (TPSA) is 86.7 Å². The van der Waals surface area contributed by atoms with Gasteiger partial charge in [0, 0.05) is 26.6 Å². The smallest absolute Gasteiger partial charge is 0.240 e. The Bertz CT molecular complexity index is 923. The first-order chi connectivity index (χ1) is 12.8. The van der Waals surface area contributed by atoms with Crippen LogP contribution in [0.1, 0.15) is 30.0 Å². The van der Waals surface area contributed by atoms with E-state index in [1.807, 2.05) is 18.2 Å². The van der Waals surface area contributed by atoms with Gasteiger partial charge in [0.25, 0.3) is 0 Å². The summed E-state index contributed by atoms with van der Waals surface area (Å²) in [6.07, 6.45) is 2.13. The SMILES string of the molecule is CC(=O)N1CCc2ccc(S(=O)(=O)NCCCc3ccc(O)cc3)cc2C1. The second-order valence-electron chi connectivity index (χ2n) is 6.79. The number of aryl methyl sites for hydroxylation is 1. The molecule has 0 saturated heterocycles. The lowest BCUT2D eigenvalue weighted by atomic mass is 10.00. The van der Waals surface area contributed by atoms with Crippen molar-refractivity contribution in [3.05, 3.63) is 59.2 Å². The zero-order valence-electron chi connectivity index (χ0n) is 15.3. The van der Waals surface area contributed by atoms with E-state index in [9.17, 15) is 18.3 Å². The zero-order valence-corrected chi connectivity index (χ0v) is 16.1. The van der Waals surface area contributed by atoms with Gasteiger partial charge in [0.05, 0.1) is 4.90 Å². The molecule has 0 atom stereocenters. The molecule has 2 aromatic rings. The number of nitrogens with zero attached hydrogens (tertiary/aromatic N) is 1. The molecule has 144 valence electrons. The molecule has 0 aromatic heterocycles. The molecule has 3 rings (SSSR count). The Morgan fingerprint density at radius 3 is 2.59 bits per heavy atom. The Morgan fingerprint density at radius 1 is 1.15 bits per heavy atom. The van der Waals surface area contributed by atoms with E-state index in [0.29, 0.717) is 26.1 Å². The third-order valence-corrected chi connectivity index (χ3v) is 6.27. The number of sulfonamides is 1. The normalized spacial score (nSPS) is 14.0. The molecule has 6 nitrogen and oxygen atoms in total. The Morgan fingerprint density at radius 2 is 1.89 bits per heavy atom. The summed E-state index contributed by atoms with van der Waals surface area (Å²) in [6, 6.07) is 12.0. The molecule has 0 spiro atoms. The van der Waals surface area contributed by atoms with Crippen LogP contribution in [0.15, 0.2) is 47.4 Å². The van der Waals surface area contributed by atoms with Crippen molar-refractivity contribution in [1.82, 2.24) is 9.62 Å². The zero-order chi connectivity index (χ0) is 19.4. The molecule has 2 N–H and O–H groups in total. The number of phenolic OH excluding ortho intramolecular Hbond substituents is 1. The van der Waals surface area contributed by atoms with Crippen molar-refractivity contribution in [1.29, 1.82) is 0 Å². The molecular weight excluding hydrogens is 364 g/mol. The van der Waals surface area contributed by atoms with Crippen molar-refractivity contribution in [2.24, 2.45) is 0 Å². The van der Waals surface area contributed by atoms with Crippen molar-refractivity contribution in [3.8, 4) is 5.75 Å². The summed E-state index contributed by atoms with van der Waals surface area (Å²) in [7, 11) is -3.59. The number of rotatable bonds is 6. The van der Waals surface area contributed by atoms with Gasteiger partial charge in [0.2, 0.25) is 15.9 Å². The van der Waals surface area contributed by atoms with Gasteiger partial charge in [-0.15, -0.1) is 0 Å². The van der Waals surface area contributed by atoms with Crippen LogP contribution in [-0.4, -0.2) is 37.4 Å². The fourth-order valence-electron chi connectivity index (χ4n) is 3.21. The number of carbonyl (C=O) groups is 1. The van der Waals surface area contributed by atoms with Crippen molar-refractivity contribution < 1.29 is 18.3 Å². The van der Waals surface area contributed by atoms with Crippen LogP contribution in [0.25, 0.3) is 0 Å². The van der Waals surface area contributed by atoms with Crippen LogP contribution in [0.4, 0.5) is 0 Å². The van der Waals surface area contributed by atoms with Crippen LogP contribution in [0.2, 0.25) is 0 Å². The fourth-order valence-corrected chi connectivity index (χ4v) is 4.34. The summed E-state index contributed by atoms with van der Waals surface area (Å²) in [5.41, 5.74) is 3.03. The lowest BCUT2D eigenvalue weighted by Crippen LogP contribution is -2.34. The van der Waals surface area contributed by atoms with Gasteiger partial charge in [-0.1, -0.05) is 18.2 Å². The van der Waals surface area contributed by atoms with Gasteiger partial charge in [-0.25, -0.2) is 13.1 Å². The molecule has 1 aliphatic rings. The largest absolute Gasteiger partial charge is 0.508 e. The Kier molecular flexibility index (Phi) is 5.82. The summed E-state index contributed by atoms with van der Waals surface area (Å²) in [6.45, 7) is 2.99. The fraction of sp³-hybridized carbons (Fsp3) is 0.350. The van der Waals surface area contributed by atoms with Crippen LogP contribution >= 0.6 is 0 Å². The molecule has 1 aliphatic heterocycles. The number of carbonyl (C=O) groups excluding carboxylic acids is 1. The highest BCUT2D eigenvalue weighted by Crippen LogP contribution is 2.22. The first-order valence-electron chi connectivity index (χ1n) is 9.00. The van der Waals surface area contributed by atoms with Gasteiger partial charge in [0.15, 0.2) is 0 Å². The van der Waals surface area contributed by atoms with Crippen LogP contribution in [0, 0.1) is 0 Å². The second-order valence-corrected chi connectivity index (χ2v) is 8.56. The number of aromatic hydroxyl groups is 1. The van der Waals surface area contributed by atoms with E-state index in [1.54, 1.807) is 29.2 Å². The number of benzene rings is 2. The van der Waals surface area contributed by atoms with E-state index in [2.05, 4.69) is 4.72 Å². The summed E-state index contributed by atoms with van der Waals surface area (Å²) in [4.78, 5) is 13.5. The van der Waals surface area contributed by atoms with Crippen molar-refractivity contribution in [2.75, 3.05) is 13.1 Å². The molecule has 7 heteroatoms. The molecule has 0 unspecified atom stereocenters. The third kappa shape index (κ3) is 4.87. The lowest BCUT2D eigenvalue weighted by molar-refractivity contribution is -0.129. The number of fused-ring (bicyclic) bond motifs is 1. The number of nitrogens with one attached hydrogen (secondary N) is 1. The van der Waals surface area contributed by atoms with E-state index in [1.165, 1.54) is 6.92 Å². The van der Waals surface area contributed by atoms with E-state index < -0.39 is 10.0 Å². The molecule has 0 bridgehead atoms. The predicted octanol–water partition coefficient (Wildman–Crippen LogP) is 2.21. The number of amides is 1. The average molecular weight is 388 g/mol. The van der Waals surface area contributed by atoms with Crippen LogP contribution in [0.5, 0.6) is 5.75 Å². The van der Waals surface area contributed by atoms with Gasteiger partial charge in [-0.2, -0.15) is 0 Å². The molecule has 0 aliphatic carbocycles. The molecule has 1 amide bonds. The quantitative estimate of drug-likeness (QED) is 0.743. The standard InChI is InChI=1S/C20H24N2O4S/c1-15(23)22-12-10-17-6-9-20(13-18(17)14-22)27(25,26)21-11-2-3-16-4-7-19(24)8-5-16/h4-9,13,21,24H,2-3,10-12,14H2,1H3. The molecule has 27 heavy (non-hydrogen) atoms. The van der Waals surface area contributed by atoms with Gasteiger partial charge in [-0.3, -0.25) is 4.79 Å². The molecule has 0 saturated carbocycles. The van der Waals surface area contributed by atoms with Crippen LogP contribution in [0.3, 0.4) is 0 Å². The number of hydrogen-bond donors (Lipinski definition) is 2. The Hall–Kier alpha value is -2.38. The minimum absolute atomic E-state index is 0.00117. The van der Waals surface area contributed by atoms with E-state index >= 15 is 0 Å². The van der Waals surface area contributed by atoms with Crippen molar-refractivity contribution in [2.45, 2.75) is 37.6 Å². The van der Waals surface area contributed by atoms with Crippen LogP contribution < -0.4 is 4.72 Å². The second kappa shape index (κ2) is 8.10. The monoisotopic (exact) mass is 388 g/mol. The van der Waals surface area contributed by atoms with Crippen molar-refractivity contribution in [3.63, 3.8) is 0 Å². The Balaban J connectivity index is 1.60. The molecule has 0 fully saturated rings. The van der Waals surface area contributed by atoms with Gasteiger partial charge < -0.3 is 10.0 Å². The highest BCUT2D eigenvalue weighted by molar-refractivity contribution is 7.89. The first kappa shape index (κ1) is 19.4. The van der Waals surface area contributed by atoms with E-state index in [4.69, 9.17) is 0 Å². The first-order valence-corrected chi connectivity index (χ1v) is 10.5. The maximum Gasteiger partial charge on any atom is 0.240 e. The maximum absolute atomic E-state index is 12.6. The number of hydrogen-bond acceptors (Lipinski definition) is 4.